The molecule has 0 aliphatic heterocycles. The first kappa shape index (κ1) is 22.9. The van der Waals surface area contributed by atoms with Crippen LogP contribution in [0.4, 0.5) is 4.79 Å². The third kappa shape index (κ3) is 5.87. The SMILES string of the molecule is COc1ccccc1C(NC(=O)NCCC(=O)N(C)Cc1ccccc1)c1nccn1C. The van der Waals surface area contributed by atoms with E-state index in [-0.39, 0.29) is 24.9 Å². The van der Waals surface area contributed by atoms with Gasteiger partial charge in [-0.1, -0.05) is 48.5 Å². The normalized spacial score (nSPS) is 11.5. The summed E-state index contributed by atoms with van der Waals surface area (Å²) in [5.41, 5.74) is 1.85. The van der Waals surface area contributed by atoms with Gasteiger partial charge in [-0.2, -0.15) is 0 Å². The Labute approximate surface area is 188 Å². The highest BCUT2D eigenvalue weighted by Crippen LogP contribution is 2.28. The van der Waals surface area contributed by atoms with Crippen molar-refractivity contribution in [3.8, 4) is 5.75 Å². The predicted molar refractivity (Wildman–Crippen MR) is 122 cm³/mol. The molecule has 168 valence electrons. The van der Waals surface area contributed by atoms with Crippen molar-refractivity contribution in [3.63, 3.8) is 0 Å². The molecule has 1 aromatic heterocycles. The van der Waals surface area contributed by atoms with E-state index in [1.807, 2.05) is 72.4 Å². The third-order valence-corrected chi connectivity index (χ3v) is 5.15. The molecule has 0 saturated carbocycles. The lowest BCUT2D eigenvalue weighted by Crippen LogP contribution is -2.41. The van der Waals surface area contributed by atoms with Crippen LogP contribution < -0.4 is 15.4 Å². The van der Waals surface area contributed by atoms with Crippen molar-refractivity contribution < 1.29 is 14.3 Å². The average Bonchev–Trinajstić information content (AvgIpc) is 3.23. The minimum Gasteiger partial charge on any atom is -0.496 e. The van der Waals surface area contributed by atoms with E-state index >= 15 is 0 Å². The van der Waals surface area contributed by atoms with Gasteiger partial charge in [0.25, 0.3) is 0 Å². The Kier molecular flexibility index (Phi) is 7.85. The first-order chi connectivity index (χ1) is 15.5. The minimum absolute atomic E-state index is 0.0421. The van der Waals surface area contributed by atoms with Crippen LogP contribution in [0.15, 0.2) is 67.0 Å². The summed E-state index contributed by atoms with van der Waals surface area (Å²) in [6.07, 6.45) is 3.70. The Hall–Kier alpha value is -3.81. The Morgan fingerprint density at radius 3 is 2.53 bits per heavy atom. The van der Waals surface area contributed by atoms with Gasteiger partial charge in [0.05, 0.1) is 7.11 Å². The Balaban J connectivity index is 1.58. The first-order valence-corrected chi connectivity index (χ1v) is 10.4. The number of nitrogens with zero attached hydrogens (tertiary/aromatic N) is 3. The van der Waals surface area contributed by atoms with Crippen LogP contribution in [0.2, 0.25) is 0 Å². The summed E-state index contributed by atoms with van der Waals surface area (Å²) in [5, 5.41) is 5.73. The second kappa shape index (κ2) is 11.0. The number of imidazole rings is 1. The maximum Gasteiger partial charge on any atom is 0.315 e. The molecule has 8 nitrogen and oxygen atoms in total. The van der Waals surface area contributed by atoms with E-state index in [1.165, 1.54) is 0 Å². The second-order valence-corrected chi connectivity index (χ2v) is 7.46. The van der Waals surface area contributed by atoms with Crippen LogP contribution in [0.1, 0.15) is 29.4 Å². The van der Waals surface area contributed by atoms with E-state index in [0.717, 1.165) is 11.1 Å². The number of aromatic nitrogens is 2. The summed E-state index contributed by atoms with van der Waals surface area (Å²) in [4.78, 5) is 31.1. The molecule has 0 aliphatic rings. The standard InChI is InChI=1S/C24H29N5O3/c1-28-16-15-25-23(28)22(19-11-7-8-12-20(19)32-3)27-24(31)26-14-13-21(30)29(2)17-18-9-5-4-6-10-18/h4-12,15-16,22H,13-14,17H2,1-3H3,(H2,26,27,31). The zero-order valence-corrected chi connectivity index (χ0v) is 18.6. The molecule has 0 spiro atoms. The lowest BCUT2D eigenvalue weighted by Gasteiger charge is -2.22. The summed E-state index contributed by atoms with van der Waals surface area (Å²) in [6, 6.07) is 16.4. The van der Waals surface area contributed by atoms with Crippen LogP contribution in [0.3, 0.4) is 0 Å². The first-order valence-electron chi connectivity index (χ1n) is 10.4. The van der Waals surface area contributed by atoms with Gasteiger partial charge in [-0.25, -0.2) is 9.78 Å². The molecule has 1 unspecified atom stereocenters. The quantitative estimate of drug-likeness (QED) is 0.541. The summed E-state index contributed by atoms with van der Waals surface area (Å²) in [6.45, 7) is 0.754. The summed E-state index contributed by atoms with van der Waals surface area (Å²) in [5.74, 6) is 1.28. The molecule has 1 atom stereocenters. The number of amides is 3. The van der Waals surface area contributed by atoms with Crippen LogP contribution in [0.25, 0.3) is 0 Å². The molecule has 8 heteroatoms. The van der Waals surface area contributed by atoms with E-state index in [4.69, 9.17) is 4.74 Å². The van der Waals surface area contributed by atoms with Crippen molar-refractivity contribution in [2.75, 3.05) is 20.7 Å². The monoisotopic (exact) mass is 435 g/mol. The molecule has 0 aliphatic carbocycles. The molecule has 32 heavy (non-hydrogen) atoms. The number of ether oxygens (including phenoxy) is 1. The summed E-state index contributed by atoms with van der Waals surface area (Å²) < 4.78 is 7.32. The van der Waals surface area contributed by atoms with E-state index < -0.39 is 6.04 Å². The Bertz CT molecular complexity index is 1030. The maximum absolute atomic E-state index is 12.7. The fourth-order valence-corrected chi connectivity index (χ4v) is 3.44. The molecule has 0 fully saturated rings. The van der Waals surface area contributed by atoms with Gasteiger partial charge >= 0.3 is 6.03 Å². The zero-order valence-electron chi connectivity index (χ0n) is 18.6. The molecule has 0 bridgehead atoms. The highest BCUT2D eigenvalue weighted by molar-refractivity contribution is 5.78. The highest BCUT2D eigenvalue weighted by Gasteiger charge is 2.23. The number of aryl methyl sites for hydroxylation is 1. The van der Waals surface area contributed by atoms with Gasteiger partial charge in [0, 0.05) is 51.6 Å². The Morgan fingerprint density at radius 2 is 1.84 bits per heavy atom. The molecule has 1 heterocycles. The molecule has 2 N–H and O–H groups in total. The number of methoxy groups -OCH3 is 1. The van der Waals surface area contributed by atoms with E-state index in [0.29, 0.717) is 18.1 Å². The number of hydrogen-bond acceptors (Lipinski definition) is 4. The van der Waals surface area contributed by atoms with Gasteiger partial charge in [0.15, 0.2) is 0 Å². The summed E-state index contributed by atoms with van der Waals surface area (Å²) in [7, 11) is 5.21. The molecule has 0 radical (unpaired) electrons. The molecule has 3 amide bonds. The number of carbonyl (C=O) groups is 2. The molecular weight excluding hydrogens is 406 g/mol. The Morgan fingerprint density at radius 1 is 1.12 bits per heavy atom. The van der Waals surface area contributed by atoms with Gasteiger partial charge in [-0.15, -0.1) is 0 Å². The van der Waals surface area contributed by atoms with Gasteiger partial charge in [0.2, 0.25) is 5.91 Å². The average molecular weight is 436 g/mol. The lowest BCUT2D eigenvalue weighted by molar-refractivity contribution is -0.130. The van der Waals surface area contributed by atoms with Gasteiger partial charge in [-0.05, 0) is 11.6 Å². The number of hydrogen-bond donors (Lipinski definition) is 2. The van der Waals surface area contributed by atoms with Crippen molar-refractivity contribution in [1.82, 2.24) is 25.1 Å². The van der Waals surface area contributed by atoms with Gasteiger partial charge in [-0.3, -0.25) is 4.79 Å². The van der Waals surface area contributed by atoms with Crippen molar-refractivity contribution in [3.05, 3.63) is 83.9 Å². The minimum atomic E-state index is -0.511. The number of benzene rings is 2. The maximum atomic E-state index is 12.7. The highest BCUT2D eigenvalue weighted by atomic mass is 16.5. The van der Waals surface area contributed by atoms with Crippen LogP contribution in [0.5, 0.6) is 5.75 Å². The van der Waals surface area contributed by atoms with Crippen LogP contribution in [-0.2, 0) is 18.4 Å². The second-order valence-electron chi connectivity index (χ2n) is 7.46. The van der Waals surface area contributed by atoms with Crippen molar-refractivity contribution >= 4 is 11.9 Å². The lowest BCUT2D eigenvalue weighted by atomic mass is 10.0. The third-order valence-electron chi connectivity index (χ3n) is 5.15. The van der Waals surface area contributed by atoms with E-state index in [9.17, 15) is 9.59 Å². The largest absolute Gasteiger partial charge is 0.496 e. The predicted octanol–water partition coefficient (Wildman–Crippen LogP) is 2.87. The number of urea groups is 1. The fraction of sp³-hybridized carbons (Fsp3) is 0.292. The van der Waals surface area contributed by atoms with E-state index in [2.05, 4.69) is 15.6 Å². The summed E-state index contributed by atoms with van der Waals surface area (Å²) >= 11 is 0. The van der Waals surface area contributed by atoms with Crippen LogP contribution >= 0.6 is 0 Å². The van der Waals surface area contributed by atoms with Crippen molar-refractivity contribution in [2.45, 2.75) is 19.0 Å². The molecule has 2 aromatic carbocycles. The van der Waals surface area contributed by atoms with E-state index in [1.54, 1.807) is 25.3 Å². The number of carbonyl (C=O) groups excluding carboxylic acids is 2. The van der Waals surface area contributed by atoms with Crippen molar-refractivity contribution in [2.24, 2.45) is 7.05 Å². The topological polar surface area (TPSA) is 88.5 Å². The van der Waals surface area contributed by atoms with Crippen LogP contribution in [0, 0.1) is 0 Å². The number of para-hydroxylation sites is 1. The van der Waals surface area contributed by atoms with Crippen molar-refractivity contribution in [1.29, 1.82) is 0 Å². The molecule has 3 rings (SSSR count). The molecular formula is C24H29N5O3. The van der Waals surface area contributed by atoms with Gasteiger partial charge in [0.1, 0.15) is 17.6 Å². The van der Waals surface area contributed by atoms with Gasteiger partial charge < -0.3 is 24.8 Å². The molecule has 3 aromatic rings. The number of nitrogens with one attached hydrogen (secondary N) is 2. The smallest absolute Gasteiger partial charge is 0.315 e. The number of rotatable bonds is 9. The zero-order chi connectivity index (χ0) is 22.9. The fourth-order valence-electron chi connectivity index (χ4n) is 3.44. The molecule has 0 saturated heterocycles. The van der Waals surface area contributed by atoms with Crippen LogP contribution in [-0.4, -0.2) is 47.1 Å².